The molecule has 7 heterocycles. The number of fused-ring (bicyclic) bond motifs is 3. The molecule has 4 aromatic rings. The number of aryl methyl sites for hydroxylation is 1. The smallest absolute Gasteiger partial charge is 0.319 e. The highest BCUT2D eigenvalue weighted by atomic mass is 19.1. The van der Waals surface area contributed by atoms with Gasteiger partial charge in [-0.3, -0.25) is 9.88 Å². The number of hydrogen-bond donors (Lipinski definition) is 1. The van der Waals surface area contributed by atoms with Gasteiger partial charge in [-0.2, -0.15) is 15.1 Å². The van der Waals surface area contributed by atoms with Crippen LogP contribution in [-0.4, -0.2) is 91.4 Å². The quantitative estimate of drug-likeness (QED) is 0.278. The van der Waals surface area contributed by atoms with Gasteiger partial charge in [-0.05, 0) is 89.5 Å². The maximum atomic E-state index is 17.1. The molecule has 1 N–H and O–H groups in total. The molecule has 4 atom stereocenters. The number of ether oxygens (including phenoxy) is 2. The summed E-state index contributed by atoms with van der Waals surface area (Å²) in [6.45, 7) is 8.96. The van der Waals surface area contributed by atoms with Crippen molar-refractivity contribution in [1.82, 2.24) is 29.6 Å². The minimum Gasteiger partial charge on any atom is -0.461 e. The Hall–Kier alpha value is -3.48. The summed E-state index contributed by atoms with van der Waals surface area (Å²) in [5.41, 5.74) is 2.43. The van der Waals surface area contributed by atoms with Gasteiger partial charge < -0.3 is 19.5 Å². The van der Waals surface area contributed by atoms with E-state index in [1.54, 1.807) is 12.4 Å². The summed E-state index contributed by atoms with van der Waals surface area (Å²) in [6, 6.07) is 2.13. The summed E-state index contributed by atoms with van der Waals surface area (Å²) in [5, 5.41) is 16.9. The number of pyridine rings is 1. The van der Waals surface area contributed by atoms with E-state index in [-0.39, 0.29) is 30.1 Å². The lowest BCUT2D eigenvalue weighted by atomic mass is 9.94. The van der Waals surface area contributed by atoms with Gasteiger partial charge in [0.25, 0.3) is 0 Å². The van der Waals surface area contributed by atoms with E-state index in [1.165, 1.54) is 0 Å². The van der Waals surface area contributed by atoms with Gasteiger partial charge in [0.05, 0.1) is 28.2 Å². The molecule has 10 nitrogen and oxygen atoms in total. The lowest BCUT2D eigenvalue weighted by Crippen LogP contribution is -2.46. The molecule has 0 saturated carbocycles. The predicted molar refractivity (Wildman–Crippen MR) is 175 cm³/mol. The van der Waals surface area contributed by atoms with Crippen LogP contribution >= 0.6 is 0 Å². The summed E-state index contributed by atoms with van der Waals surface area (Å²) in [5.74, 6) is -0.0892. The zero-order valence-corrected chi connectivity index (χ0v) is 27.4. The molecule has 0 amide bonds. The Balaban J connectivity index is 1.25. The van der Waals surface area contributed by atoms with E-state index in [9.17, 15) is 9.50 Å². The van der Waals surface area contributed by atoms with Gasteiger partial charge in [-0.1, -0.05) is 0 Å². The van der Waals surface area contributed by atoms with Crippen molar-refractivity contribution in [2.24, 2.45) is 0 Å². The molecule has 3 aromatic heterocycles. The topological polar surface area (TPSA) is 102 Å². The van der Waals surface area contributed by atoms with Gasteiger partial charge in [-0.15, -0.1) is 0 Å². The van der Waals surface area contributed by atoms with Gasteiger partial charge in [-0.25, -0.2) is 13.5 Å². The monoisotopic (exact) mass is 647 g/mol. The summed E-state index contributed by atoms with van der Waals surface area (Å²) in [7, 11) is 0. The van der Waals surface area contributed by atoms with Gasteiger partial charge >= 0.3 is 6.01 Å². The van der Waals surface area contributed by atoms with Crippen LogP contribution < -0.4 is 9.64 Å². The molecule has 4 fully saturated rings. The summed E-state index contributed by atoms with van der Waals surface area (Å²) >= 11 is 0. The van der Waals surface area contributed by atoms with E-state index >= 15 is 4.39 Å². The Morgan fingerprint density at radius 2 is 1.94 bits per heavy atom. The fraction of sp³-hybridized carbons (Fsp3) is 0.600. The maximum Gasteiger partial charge on any atom is 0.319 e. The second-order valence-corrected chi connectivity index (χ2v) is 14.4. The number of anilines is 1. The lowest BCUT2D eigenvalue weighted by molar-refractivity contribution is -0.0366. The number of halogens is 2. The predicted octanol–water partition coefficient (Wildman–Crippen LogP) is 5.80. The highest BCUT2D eigenvalue weighted by Gasteiger charge is 2.49. The van der Waals surface area contributed by atoms with Crippen LogP contribution in [0.5, 0.6) is 6.01 Å². The minimum absolute atomic E-state index is 0.0469. The van der Waals surface area contributed by atoms with Gasteiger partial charge in [0.2, 0.25) is 0 Å². The summed E-state index contributed by atoms with van der Waals surface area (Å²) in [6.07, 6.45) is 9.00. The van der Waals surface area contributed by atoms with Crippen LogP contribution in [0.25, 0.3) is 33.1 Å². The molecule has 47 heavy (non-hydrogen) atoms. The molecule has 4 aliphatic rings. The molecule has 0 aliphatic carbocycles. The highest BCUT2D eigenvalue weighted by molar-refractivity contribution is 5.99. The van der Waals surface area contributed by atoms with Crippen molar-refractivity contribution in [2.45, 2.75) is 95.7 Å². The van der Waals surface area contributed by atoms with Crippen molar-refractivity contribution in [1.29, 1.82) is 0 Å². The Bertz CT molecular complexity index is 1840. The van der Waals surface area contributed by atoms with Crippen molar-refractivity contribution in [3.8, 4) is 17.3 Å². The molecule has 4 saturated heterocycles. The lowest BCUT2D eigenvalue weighted by Gasteiger charge is -2.38. The van der Waals surface area contributed by atoms with E-state index in [0.29, 0.717) is 55.9 Å². The molecule has 4 aliphatic heterocycles. The summed E-state index contributed by atoms with van der Waals surface area (Å²) in [4.78, 5) is 18.3. The number of benzene rings is 1. The fourth-order valence-corrected chi connectivity index (χ4v) is 8.42. The number of aromatic nitrogens is 5. The first-order chi connectivity index (χ1) is 22.6. The highest BCUT2D eigenvalue weighted by Crippen LogP contribution is 2.42. The second kappa shape index (κ2) is 11.6. The van der Waals surface area contributed by atoms with Crippen LogP contribution in [0.2, 0.25) is 0 Å². The average molecular weight is 648 g/mol. The van der Waals surface area contributed by atoms with Gasteiger partial charge in [0.1, 0.15) is 29.8 Å². The van der Waals surface area contributed by atoms with Gasteiger partial charge in [0, 0.05) is 49.8 Å². The Kier molecular flexibility index (Phi) is 7.60. The third kappa shape index (κ3) is 5.32. The number of aliphatic hydroxyl groups is 1. The molecule has 8 rings (SSSR count). The van der Waals surface area contributed by atoms with Crippen LogP contribution in [0, 0.1) is 19.7 Å². The first-order valence-corrected chi connectivity index (χ1v) is 17.1. The number of hydrogen-bond acceptors (Lipinski definition) is 9. The van der Waals surface area contributed by atoms with E-state index in [4.69, 9.17) is 24.5 Å². The molecule has 2 unspecified atom stereocenters. The zero-order chi connectivity index (χ0) is 32.5. The van der Waals surface area contributed by atoms with Crippen LogP contribution in [0.3, 0.4) is 0 Å². The van der Waals surface area contributed by atoms with Crippen LogP contribution in [-0.2, 0) is 4.74 Å². The molecule has 1 aromatic carbocycles. The molecule has 0 spiro atoms. The SMILES string of the molecule is Cc1cc2c(cnn2C2CCCCO2)c(-c2ncc3c(N4CCCC(C)(O)C4)nc(OC[C@@]45CCCN4C[C@H](F)C5)nc3c2F)c1C. The first-order valence-electron chi connectivity index (χ1n) is 17.1. The first kappa shape index (κ1) is 30.8. The molecular formula is C35H43F2N7O3. The van der Waals surface area contributed by atoms with E-state index in [1.807, 2.05) is 30.4 Å². The van der Waals surface area contributed by atoms with Crippen molar-refractivity contribution < 1.29 is 23.4 Å². The number of rotatable bonds is 6. The minimum atomic E-state index is -0.918. The molecule has 12 heteroatoms. The fourth-order valence-electron chi connectivity index (χ4n) is 8.42. The zero-order valence-electron chi connectivity index (χ0n) is 27.4. The standard InChI is InChI=1S/C35H43F2N7O3/c1-21-14-26-24(17-39-44(26)27-8-4-5-13-46-27)28(22(21)2)31-29(37)30-25(16-38-31)32(42-11-6-9-34(3,45)19-42)41-33(40-30)47-20-35-10-7-12-43(35)18-23(36)15-35/h14,16-17,23,27,45H,4-13,15,18-20H2,1-3H3/t23-,27?,34?,35+/m1/s1. The number of alkyl halides is 1. The van der Waals surface area contributed by atoms with Crippen molar-refractivity contribution >= 4 is 27.6 Å². The normalized spacial score (nSPS) is 28.4. The second-order valence-electron chi connectivity index (χ2n) is 14.4. The Morgan fingerprint density at radius 3 is 2.74 bits per heavy atom. The van der Waals surface area contributed by atoms with E-state index in [0.717, 1.165) is 67.1 Å². The molecule has 0 bridgehead atoms. The van der Waals surface area contributed by atoms with E-state index < -0.39 is 23.1 Å². The maximum absolute atomic E-state index is 17.1. The van der Waals surface area contributed by atoms with E-state index in [2.05, 4.69) is 16.0 Å². The molecule has 0 radical (unpaired) electrons. The molecule has 250 valence electrons. The molecular weight excluding hydrogens is 604 g/mol. The summed E-state index contributed by atoms with van der Waals surface area (Å²) < 4.78 is 45.8. The van der Waals surface area contributed by atoms with Crippen LogP contribution in [0.4, 0.5) is 14.6 Å². The van der Waals surface area contributed by atoms with Crippen molar-refractivity contribution in [3.63, 3.8) is 0 Å². The number of β-amino-alcohol motifs (C(OH)–C–C–N with tert-alkyl or cyclic N) is 1. The van der Waals surface area contributed by atoms with Gasteiger partial charge in [0.15, 0.2) is 12.0 Å². The number of piperidine rings is 1. The van der Waals surface area contributed by atoms with Crippen molar-refractivity contribution in [3.05, 3.63) is 35.4 Å². The third-order valence-electron chi connectivity index (χ3n) is 10.9. The third-order valence-corrected chi connectivity index (χ3v) is 10.9. The Labute approximate surface area is 273 Å². The average Bonchev–Trinajstić information content (AvgIpc) is 3.73. The van der Waals surface area contributed by atoms with Crippen LogP contribution in [0.15, 0.2) is 18.5 Å². The Morgan fingerprint density at radius 1 is 1.09 bits per heavy atom. The largest absolute Gasteiger partial charge is 0.461 e. The van der Waals surface area contributed by atoms with Crippen LogP contribution in [0.1, 0.15) is 75.6 Å². The number of nitrogens with zero attached hydrogens (tertiary/aromatic N) is 7. The van der Waals surface area contributed by atoms with Crippen molar-refractivity contribution in [2.75, 3.05) is 44.3 Å².